The van der Waals surface area contributed by atoms with Gasteiger partial charge in [0.25, 0.3) is 0 Å². The predicted molar refractivity (Wildman–Crippen MR) is 94.9 cm³/mol. The molecule has 26 heavy (non-hydrogen) atoms. The average Bonchev–Trinajstić information content (AvgIpc) is 3.00. The van der Waals surface area contributed by atoms with Gasteiger partial charge in [-0.05, 0) is 37.8 Å². The second kappa shape index (κ2) is 7.75. The van der Waals surface area contributed by atoms with Gasteiger partial charge in [-0.15, -0.1) is 0 Å². The Kier molecular flexibility index (Phi) is 5.62. The van der Waals surface area contributed by atoms with Crippen LogP contribution in [0.3, 0.4) is 0 Å². The molecule has 1 aliphatic carbocycles. The average molecular weight is 380 g/mol. The summed E-state index contributed by atoms with van der Waals surface area (Å²) in [5, 5.41) is 9.10. The van der Waals surface area contributed by atoms with E-state index in [2.05, 4.69) is 0 Å². The number of hydrogen-bond acceptors (Lipinski definition) is 4. The molecular formula is C18H24N2O5S. The first kappa shape index (κ1) is 18.8. The second-order valence-corrected chi connectivity index (χ2v) is 8.88. The minimum absolute atomic E-state index is 0.0345. The van der Waals surface area contributed by atoms with Gasteiger partial charge < -0.3 is 10.0 Å². The summed E-state index contributed by atoms with van der Waals surface area (Å²) >= 11 is 0. The lowest BCUT2D eigenvalue weighted by atomic mass is 10.0. The lowest BCUT2D eigenvalue weighted by Gasteiger charge is -2.24. The van der Waals surface area contributed by atoms with E-state index < -0.39 is 21.9 Å². The molecule has 142 valence electrons. The third-order valence-corrected chi connectivity index (χ3v) is 7.19. The van der Waals surface area contributed by atoms with E-state index in [0.717, 1.165) is 0 Å². The van der Waals surface area contributed by atoms with E-state index >= 15 is 0 Å². The Morgan fingerprint density at radius 3 is 2.31 bits per heavy atom. The topological polar surface area (TPSA) is 95.0 Å². The van der Waals surface area contributed by atoms with Crippen molar-refractivity contribution in [3.8, 4) is 0 Å². The fraction of sp³-hybridized carbons (Fsp3) is 0.556. The zero-order chi connectivity index (χ0) is 18.7. The highest BCUT2D eigenvalue weighted by Gasteiger charge is 2.37. The number of carboxylic acid groups (broad SMARTS) is 1. The number of aliphatic carboxylic acids is 1. The minimum atomic E-state index is -3.56. The maximum absolute atomic E-state index is 12.7. The number of carboxylic acids is 1. The Morgan fingerprint density at radius 2 is 1.65 bits per heavy atom. The lowest BCUT2D eigenvalue weighted by molar-refractivity contribution is -0.141. The molecule has 1 amide bonds. The molecule has 0 aromatic heterocycles. The van der Waals surface area contributed by atoms with E-state index in [9.17, 15) is 18.0 Å². The number of sulfonamides is 1. The minimum Gasteiger partial charge on any atom is -0.481 e. The number of carbonyl (C=O) groups excluding carboxylic acids is 1. The van der Waals surface area contributed by atoms with Crippen molar-refractivity contribution in [1.82, 2.24) is 9.21 Å². The van der Waals surface area contributed by atoms with Gasteiger partial charge in [-0.25, -0.2) is 8.42 Å². The van der Waals surface area contributed by atoms with Crippen LogP contribution in [0.4, 0.5) is 0 Å². The first-order valence-electron chi connectivity index (χ1n) is 8.96. The molecule has 0 bridgehead atoms. The summed E-state index contributed by atoms with van der Waals surface area (Å²) in [6.07, 6.45) is 2.09. The van der Waals surface area contributed by atoms with E-state index in [0.29, 0.717) is 45.3 Å². The molecule has 2 atom stereocenters. The molecule has 1 N–H and O–H groups in total. The number of carbonyl (C=O) groups is 2. The van der Waals surface area contributed by atoms with Crippen LogP contribution in [0.1, 0.15) is 25.7 Å². The van der Waals surface area contributed by atoms with Crippen molar-refractivity contribution in [2.45, 2.75) is 30.6 Å². The molecule has 1 heterocycles. The van der Waals surface area contributed by atoms with Gasteiger partial charge in [0.15, 0.2) is 0 Å². The molecule has 8 heteroatoms. The largest absolute Gasteiger partial charge is 0.481 e. The summed E-state index contributed by atoms with van der Waals surface area (Å²) < 4.78 is 26.9. The maximum Gasteiger partial charge on any atom is 0.306 e. The normalized spacial score (nSPS) is 25.0. The first-order valence-corrected chi connectivity index (χ1v) is 10.4. The van der Waals surface area contributed by atoms with Crippen molar-refractivity contribution in [2.75, 3.05) is 26.2 Å². The number of rotatable bonds is 4. The Morgan fingerprint density at radius 1 is 0.962 bits per heavy atom. The molecule has 2 aliphatic rings. The summed E-state index contributed by atoms with van der Waals surface area (Å²) in [6, 6.07) is 8.31. The zero-order valence-electron chi connectivity index (χ0n) is 14.6. The third kappa shape index (κ3) is 3.91. The van der Waals surface area contributed by atoms with Gasteiger partial charge in [0.05, 0.1) is 10.8 Å². The molecule has 1 aromatic carbocycles. The SMILES string of the molecule is O=C(O)[C@@H]1CC[C@H](C(=O)N2CCCN(S(=O)(=O)c3ccccc3)CC2)C1. The Balaban J connectivity index is 1.63. The quantitative estimate of drug-likeness (QED) is 0.852. The van der Waals surface area contributed by atoms with Crippen molar-refractivity contribution in [1.29, 1.82) is 0 Å². The number of amides is 1. The van der Waals surface area contributed by atoms with Gasteiger partial charge in [-0.1, -0.05) is 18.2 Å². The molecule has 1 saturated heterocycles. The van der Waals surface area contributed by atoms with E-state index in [-0.39, 0.29) is 23.3 Å². The van der Waals surface area contributed by atoms with Gasteiger partial charge in [0, 0.05) is 32.1 Å². The maximum atomic E-state index is 12.7. The summed E-state index contributed by atoms with van der Waals surface area (Å²) in [5.41, 5.74) is 0. The van der Waals surface area contributed by atoms with E-state index in [1.165, 1.54) is 4.31 Å². The van der Waals surface area contributed by atoms with Crippen molar-refractivity contribution >= 4 is 21.9 Å². The lowest BCUT2D eigenvalue weighted by Crippen LogP contribution is -2.39. The molecule has 2 fully saturated rings. The van der Waals surface area contributed by atoms with Gasteiger partial charge in [-0.2, -0.15) is 4.31 Å². The van der Waals surface area contributed by atoms with Crippen LogP contribution >= 0.6 is 0 Å². The zero-order valence-corrected chi connectivity index (χ0v) is 15.4. The molecule has 7 nitrogen and oxygen atoms in total. The summed E-state index contributed by atoms with van der Waals surface area (Å²) in [6.45, 7) is 1.49. The van der Waals surface area contributed by atoms with Crippen molar-refractivity contribution < 1.29 is 23.1 Å². The molecular weight excluding hydrogens is 356 g/mol. The predicted octanol–water partition coefficient (Wildman–Crippen LogP) is 1.41. The summed E-state index contributed by atoms with van der Waals surface area (Å²) in [7, 11) is -3.56. The molecule has 3 rings (SSSR count). The molecule has 1 saturated carbocycles. The van der Waals surface area contributed by atoms with Crippen molar-refractivity contribution in [3.63, 3.8) is 0 Å². The smallest absolute Gasteiger partial charge is 0.306 e. The Hall–Kier alpha value is -1.93. The van der Waals surface area contributed by atoms with Crippen LogP contribution in [0.15, 0.2) is 35.2 Å². The number of benzene rings is 1. The molecule has 0 spiro atoms. The third-order valence-electron chi connectivity index (χ3n) is 5.28. The standard InChI is InChI=1S/C18H24N2O5S/c21-17(14-7-8-15(13-14)18(22)23)19-9-4-10-20(12-11-19)26(24,25)16-5-2-1-3-6-16/h1-3,5-6,14-15H,4,7-13H2,(H,22,23)/t14-,15+/m0/s1. The van der Waals surface area contributed by atoms with Crippen LogP contribution in [-0.4, -0.2) is 60.8 Å². The molecule has 0 radical (unpaired) electrons. The first-order chi connectivity index (χ1) is 12.4. The summed E-state index contributed by atoms with van der Waals surface area (Å²) in [4.78, 5) is 25.8. The van der Waals surface area contributed by atoms with Gasteiger partial charge in [0.2, 0.25) is 15.9 Å². The van der Waals surface area contributed by atoms with E-state index in [1.54, 1.807) is 35.2 Å². The molecule has 1 aromatic rings. The van der Waals surface area contributed by atoms with E-state index in [1.807, 2.05) is 0 Å². The Bertz CT molecular complexity index is 765. The monoisotopic (exact) mass is 380 g/mol. The van der Waals surface area contributed by atoms with Gasteiger partial charge in [-0.3, -0.25) is 9.59 Å². The Labute approximate surface area is 153 Å². The summed E-state index contributed by atoms with van der Waals surface area (Å²) in [5.74, 6) is -1.57. The number of nitrogens with zero attached hydrogens (tertiary/aromatic N) is 2. The van der Waals surface area contributed by atoms with Crippen LogP contribution in [0.2, 0.25) is 0 Å². The van der Waals surface area contributed by atoms with Crippen LogP contribution in [0, 0.1) is 11.8 Å². The van der Waals surface area contributed by atoms with Crippen LogP contribution in [-0.2, 0) is 19.6 Å². The highest BCUT2D eigenvalue weighted by atomic mass is 32.2. The second-order valence-electron chi connectivity index (χ2n) is 6.94. The molecule has 1 aliphatic heterocycles. The van der Waals surface area contributed by atoms with Crippen molar-refractivity contribution in [3.05, 3.63) is 30.3 Å². The number of hydrogen-bond donors (Lipinski definition) is 1. The fourth-order valence-corrected chi connectivity index (χ4v) is 5.28. The fourth-order valence-electron chi connectivity index (χ4n) is 3.78. The van der Waals surface area contributed by atoms with E-state index in [4.69, 9.17) is 5.11 Å². The highest BCUT2D eigenvalue weighted by Crippen LogP contribution is 2.32. The molecule has 0 unspecified atom stereocenters. The van der Waals surface area contributed by atoms with Crippen LogP contribution in [0.5, 0.6) is 0 Å². The van der Waals surface area contributed by atoms with Crippen LogP contribution < -0.4 is 0 Å². The highest BCUT2D eigenvalue weighted by molar-refractivity contribution is 7.89. The van der Waals surface area contributed by atoms with Crippen molar-refractivity contribution in [2.24, 2.45) is 11.8 Å². The van der Waals surface area contributed by atoms with Crippen LogP contribution in [0.25, 0.3) is 0 Å². The van der Waals surface area contributed by atoms with Gasteiger partial charge >= 0.3 is 5.97 Å². The van der Waals surface area contributed by atoms with Gasteiger partial charge in [0.1, 0.15) is 0 Å².